The van der Waals surface area contributed by atoms with Crippen LogP contribution in [-0.4, -0.2) is 32.9 Å². The van der Waals surface area contributed by atoms with Gasteiger partial charge in [0, 0.05) is 5.92 Å². The average molecular weight is 268 g/mol. The first-order valence-corrected chi connectivity index (χ1v) is 7.06. The van der Waals surface area contributed by atoms with E-state index in [1.807, 2.05) is 0 Å². The van der Waals surface area contributed by atoms with Crippen molar-refractivity contribution < 1.29 is 22.7 Å². The molecule has 2 atom stereocenters. The van der Waals surface area contributed by atoms with Crippen LogP contribution in [0, 0.1) is 5.92 Å². The molecule has 1 aromatic carbocycles. The molecule has 0 unspecified atom stereocenters. The first-order valence-electron chi connectivity index (χ1n) is 5.58. The second-order valence-electron chi connectivity index (χ2n) is 4.57. The predicted octanol–water partition coefficient (Wildman–Crippen LogP) is 0.784. The second kappa shape index (κ2) is 3.47. The smallest absolute Gasteiger partial charge is 0.328 e. The Morgan fingerprint density at radius 2 is 2.22 bits per heavy atom. The zero-order chi connectivity index (χ0) is 13.0. The first kappa shape index (κ1) is 11.5. The summed E-state index contributed by atoms with van der Waals surface area (Å²) >= 11 is 0. The van der Waals surface area contributed by atoms with Crippen LogP contribution >= 0.6 is 0 Å². The van der Waals surface area contributed by atoms with Gasteiger partial charge in [-0.05, 0) is 24.6 Å². The van der Waals surface area contributed by atoms with Crippen LogP contribution in [0.4, 0.5) is 0 Å². The van der Waals surface area contributed by atoms with Crippen LogP contribution in [0.15, 0.2) is 29.2 Å². The maximum Gasteiger partial charge on any atom is 0.328 e. The van der Waals surface area contributed by atoms with Crippen molar-refractivity contribution in [1.82, 2.24) is 0 Å². The molecule has 6 heteroatoms. The zero-order valence-corrected chi connectivity index (χ0v) is 10.6. The maximum atomic E-state index is 12.5. The molecule has 3 rings (SSSR count). The van der Waals surface area contributed by atoms with Crippen molar-refractivity contribution in [2.45, 2.75) is 16.1 Å². The van der Waals surface area contributed by atoms with Gasteiger partial charge >= 0.3 is 5.97 Å². The third-order valence-corrected chi connectivity index (χ3v) is 6.14. The van der Waals surface area contributed by atoms with E-state index in [9.17, 15) is 13.2 Å². The number of fused-ring (bicyclic) bond motifs is 1. The van der Waals surface area contributed by atoms with Gasteiger partial charge in [-0.1, -0.05) is 6.07 Å². The molecule has 1 aliphatic carbocycles. The Hall–Kier alpha value is -1.56. The Labute approximate surface area is 105 Å². The van der Waals surface area contributed by atoms with Crippen LogP contribution < -0.4 is 4.74 Å². The number of carbonyl (C=O) groups excluding carboxylic acids is 1. The standard InChI is InChI=1S/C12H12O5S/c1-16-9-3-2-4-10(5-9)18(14,15)12-6-8(12)7-17-11(12)13/h2-5,8H,6-7H2,1H3/t8-,12+/m0/s1. The Bertz CT molecular complexity index is 621. The largest absolute Gasteiger partial charge is 0.497 e. The van der Waals surface area contributed by atoms with Gasteiger partial charge in [-0.3, -0.25) is 4.79 Å². The van der Waals surface area contributed by atoms with E-state index in [2.05, 4.69) is 0 Å². The summed E-state index contributed by atoms with van der Waals surface area (Å²) in [4.78, 5) is 11.8. The molecule has 0 aromatic heterocycles. The van der Waals surface area contributed by atoms with Crippen LogP contribution in [-0.2, 0) is 19.4 Å². The summed E-state index contributed by atoms with van der Waals surface area (Å²) in [5.41, 5.74) is 0. The summed E-state index contributed by atoms with van der Waals surface area (Å²) in [5, 5.41) is 0. The molecule has 1 aromatic rings. The fourth-order valence-corrected chi connectivity index (χ4v) is 4.62. The molecule has 0 N–H and O–H groups in total. The van der Waals surface area contributed by atoms with Crippen molar-refractivity contribution in [2.24, 2.45) is 5.92 Å². The lowest BCUT2D eigenvalue weighted by Gasteiger charge is -2.12. The number of carbonyl (C=O) groups is 1. The Morgan fingerprint density at radius 3 is 2.78 bits per heavy atom. The SMILES string of the molecule is COc1cccc(S(=O)(=O)[C@]23C[C@H]2COC3=O)c1. The van der Waals surface area contributed by atoms with Crippen molar-refractivity contribution in [2.75, 3.05) is 13.7 Å². The number of hydrogen-bond donors (Lipinski definition) is 0. The summed E-state index contributed by atoms with van der Waals surface area (Å²) < 4.78 is 33.5. The Balaban J connectivity index is 2.08. The molecule has 0 bridgehead atoms. The fraction of sp³-hybridized carbons (Fsp3) is 0.417. The van der Waals surface area contributed by atoms with Crippen molar-refractivity contribution >= 4 is 15.8 Å². The second-order valence-corrected chi connectivity index (χ2v) is 6.78. The van der Waals surface area contributed by atoms with Gasteiger partial charge in [0.1, 0.15) is 5.75 Å². The monoisotopic (exact) mass is 268 g/mol. The van der Waals surface area contributed by atoms with E-state index in [-0.39, 0.29) is 17.4 Å². The molecule has 1 saturated heterocycles. The van der Waals surface area contributed by atoms with E-state index in [1.54, 1.807) is 12.1 Å². The molecule has 1 aliphatic heterocycles. The van der Waals surface area contributed by atoms with Gasteiger partial charge in [0.2, 0.25) is 0 Å². The topological polar surface area (TPSA) is 69.7 Å². The predicted molar refractivity (Wildman–Crippen MR) is 62.0 cm³/mol. The first-order chi connectivity index (χ1) is 8.52. The maximum absolute atomic E-state index is 12.5. The molecule has 96 valence electrons. The van der Waals surface area contributed by atoms with Crippen LogP contribution in [0.1, 0.15) is 6.42 Å². The summed E-state index contributed by atoms with van der Waals surface area (Å²) in [6, 6.07) is 6.17. The van der Waals surface area contributed by atoms with Gasteiger partial charge in [-0.15, -0.1) is 0 Å². The molecule has 18 heavy (non-hydrogen) atoms. The van der Waals surface area contributed by atoms with Gasteiger partial charge in [-0.25, -0.2) is 8.42 Å². The molecule has 1 saturated carbocycles. The van der Waals surface area contributed by atoms with Gasteiger partial charge in [0.05, 0.1) is 18.6 Å². The van der Waals surface area contributed by atoms with Gasteiger partial charge in [0.15, 0.2) is 14.6 Å². The highest BCUT2D eigenvalue weighted by atomic mass is 32.2. The minimum Gasteiger partial charge on any atom is -0.497 e. The minimum absolute atomic E-state index is 0.114. The number of rotatable bonds is 3. The molecule has 0 radical (unpaired) electrons. The van der Waals surface area contributed by atoms with E-state index in [1.165, 1.54) is 19.2 Å². The highest BCUT2D eigenvalue weighted by molar-refractivity contribution is 7.94. The quantitative estimate of drug-likeness (QED) is 0.758. The van der Waals surface area contributed by atoms with Crippen LogP contribution in [0.2, 0.25) is 0 Å². The molecule has 2 fully saturated rings. The minimum atomic E-state index is -3.70. The molecule has 2 aliphatic rings. The van der Waals surface area contributed by atoms with E-state index >= 15 is 0 Å². The fourth-order valence-electron chi connectivity index (χ4n) is 2.47. The summed E-state index contributed by atoms with van der Waals surface area (Å²) in [6.45, 7) is 0.210. The Morgan fingerprint density at radius 1 is 1.44 bits per heavy atom. The van der Waals surface area contributed by atoms with E-state index in [0.717, 1.165) is 0 Å². The number of hydrogen-bond acceptors (Lipinski definition) is 5. The lowest BCUT2D eigenvalue weighted by molar-refractivity contribution is -0.140. The molecule has 5 nitrogen and oxygen atoms in total. The average Bonchev–Trinajstić information content (AvgIpc) is 3.05. The summed E-state index contributed by atoms with van der Waals surface area (Å²) in [5.74, 6) is -0.354. The number of esters is 1. The normalized spacial score (nSPS) is 29.6. The number of sulfone groups is 1. The molecule has 1 heterocycles. The highest BCUT2D eigenvalue weighted by Crippen LogP contribution is 2.57. The third-order valence-electron chi connectivity index (χ3n) is 3.64. The van der Waals surface area contributed by atoms with E-state index in [0.29, 0.717) is 12.2 Å². The number of cyclic esters (lactones) is 1. The van der Waals surface area contributed by atoms with Crippen molar-refractivity contribution in [3.63, 3.8) is 0 Å². The van der Waals surface area contributed by atoms with Crippen LogP contribution in [0.3, 0.4) is 0 Å². The highest BCUT2D eigenvalue weighted by Gasteiger charge is 2.74. The van der Waals surface area contributed by atoms with E-state index < -0.39 is 20.6 Å². The lowest BCUT2D eigenvalue weighted by Crippen LogP contribution is -2.31. The zero-order valence-electron chi connectivity index (χ0n) is 9.75. The Kier molecular flexibility index (Phi) is 2.22. The molecular formula is C12H12O5S. The van der Waals surface area contributed by atoms with Crippen molar-refractivity contribution in [3.05, 3.63) is 24.3 Å². The summed E-state index contributed by atoms with van der Waals surface area (Å²) in [7, 11) is -2.23. The lowest BCUT2D eigenvalue weighted by atomic mass is 10.3. The van der Waals surface area contributed by atoms with Crippen molar-refractivity contribution in [3.8, 4) is 5.75 Å². The number of methoxy groups -OCH3 is 1. The summed E-state index contributed by atoms with van der Waals surface area (Å²) in [6.07, 6.45) is 0.366. The van der Waals surface area contributed by atoms with Crippen LogP contribution in [0.5, 0.6) is 5.75 Å². The molecule has 0 spiro atoms. The van der Waals surface area contributed by atoms with Crippen LogP contribution in [0.25, 0.3) is 0 Å². The number of benzene rings is 1. The molecule has 0 amide bonds. The van der Waals surface area contributed by atoms with Gasteiger partial charge in [-0.2, -0.15) is 0 Å². The molecular weight excluding hydrogens is 256 g/mol. The number of ether oxygens (including phenoxy) is 2. The van der Waals surface area contributed by atoms with E-state index in [4.69, 9.17) is 9.47 Å². The van der Waals surface area contributed by atoms with Gasteiger partial charge in [0.25, 0.3) is 0 Å². The van der Waals surface area contributed by atoms with Gasteiger partial charge < -0.3 is 9.47 Å². The third kappa shape index (κ3) is 1.26. The van der Waals surface area contributed by atoms with Crippen molar-refractivity contribution in [1.29, 1.82) is 0 Å².